The minimum atomic E-state index is 0.658. The molecule has 0 aliphatic carbocycles. The average Bonchev–Trinajstić information content (AvgIpc) is 2.75. The van der Waals surface area contributed by atoms with Gasteiger partial charge in [-0.2, -0.15) is 0 Å². The summed E-state index contributed by atoms with van der Waals surface area (Å²) in [6.45, 7) is 1.99. The zero-order chi connectivity index (χ0) is 12.5. The highest BCUT2D eigenvalue weighted by Gasteiger charge is 2.06. The number of fused-ring (bicyclic) bond motifs is 1. The number of hydrogen-bond donors (Lipinski definition) is 1. The van der Waals surface area contributed by atoms with Gasteiger partial charge in [0.05, 0.1) is 5.02 Å². The predicted octanol–water partition coefficient (Wildman–Crippen LogP) is 3.51. The van der Waals surface area contributed by atoms with Crippen LogP contribution in [0.2, 0.25) is 5.02 Å². The molecule has 3 rings (SSSR count). The molecule has 1 N–H and O–H groups in total. The van der Waals surface area contributed by atoms with Crippen LogP contribution in [0.25, 0.3) is 11.0 Å². The van der Waals surface area contributed by atoms with E-state index in [0.29, 0.717) is 5.02 Å². The molecule has 0 aromatic carbocycles. The van der Waals surface area contributed by atoms with Crippen molar-refractivity contribution in [1.82, 2.24) is 15.0 Å². The van der Waals surface area contributed by atoms with Crippen molar-refractivity contribution in [3.05, 3.63) is 58.6 Å². The second-order valence-electron chi connectivity index (χ2n) is 4.35. The van der Waals surface area contributed by atoms with Crippen molar-refractivity contribution in [3.8, 4) is 0 Å². The van der Waals surface area contributed by atoms with Crippen molar-refractivity contribution in [2.45, 2.75) is 13.3 Å². The molecule has 0 saturated carbocycles. The summed E-state index contributed by atoms with van der Waals surface area (Å²) in [5.74, 6) is 0. The van der Waals surface area contributed by atoms with Gasteiger partial charge in [-0.15, -0.1) is 0 Å². The average molecular weight is 258 g/mol. The lowest BCUT2D eigenvalue weighted by molar-refractivity contribution is 1.11. The summed E-state index contributed by atoms with van der Waals surface area (Å²) in [6.07, 6.45) is 6.37. The third kappa shape index (κ3) is 2.09. The molecule has 90 valence electrons. The molecule has 0 spiro atoms. The summed E-state index contributed by atoms with van der Waals surface area (Å²) in [6, 6.07) is 6.06. The Morgan fingerprint density at radius 3 is 2.89 bits per heavy atom. The number of rotatable bonds is 2. The van der Waals surface area contributed by atoms with Crippen LogP contribution >= 0.6 is 11.6 Å². The Morgan fingerprint density at radius 2 is 2.11 bits per heavy atom. The molecule has 3 aromatic rings. The summed E-state index contributed by atoms with van der Waals surface area (Å²) >= 11 is 5.98. The maximum Gasteiger partial charge on any atom is 0.137 e. The second-order valence-corrected chi connectivity index (χ2v) is 4.78. The van der Waals surface area contributed by atoms with Crippen molar-refractivity contribution in [1.29, 1.82) is 0 Å². The van der Waals surface area contributed by atoms with Gasteiger partial charge in [0.15, 0.2) is 0 Å². The van der Waals surface area contributed by atoms with Crippen LogP contribution in [0.4, 0.5) is 0 Å². The first-order chi connectivity index (χ1) is 8.72. The topological polar surface area (TPSA) is 41.6 Å². The van der Waals surface area contributed by atoms with Gasteiger partial charge in [0.25, 0.3) is 0 Å². The highest BCUT2D eigenvalue weighted by Crippen LogP contribution is 2.22. The van der Waals surface area contributed by atoms with Crippen molar-refractivity contribution in [2.24, 2.45) is 0 Å². The normalized spacial score (nSPS) is 11.0. The van der Waals surface area contributed by atoms with E-state index in [9.17, 15) is 0 Å². The highest BCUT2D eigenvalue weighted by atomic mass is 35.5. The fraction of sp³-hybridized carbons (Fsp3) is 0.143. The fourth-order valence-corrected chi connectivity index (χ4v) is 2.16. The first-order valence-corrected chi connectivity index (χ1v) is 6.13. The summed E-state index contributed by atoms with van der Waals surface area (Å²) in [4.78, 5) is 11.7. The molecule has 0 radical (unpaired) electrons. The first-order valence-electron chi connectivity index (χ1n) is 5.75. The molecule has 3 aromatic heterocycles. The second kappa shape index (κ2) is 4.42. The smallest absolute Gasteiger partial charge is 0.137 e. The van der Waals surface area contributed by atoms with Crippen LogP contribution in [-0.2, 0) is 6.42 Å². The van der Waals surface area contributed by atoms with E-state index in [4.69, 9.17) is 11.6 Å². The molecule has 3 heterocycles. The van der Waals surface area contributed by atoms with E-state index in [-0.39, 0.29) is 0 Å². The molecule has 0 amide bonds. The van der Waals surface area contributed by atoms with E-state index in [0.717, 1.165) is 23.1 Å². The van der Waals surface area contributed by atoms with E-state index in [1.54, 1.807) is 6.20 Å². The van der Waals surface area contributed by atoms with Crippen molar-refractivity contribution < 1.29 is 0 Å². The molecule has 0 bridgehead atoms. The quantitative estimate of drug-likeness (QED) is 0.763. The number of nitrogens with one attached hydrogen (secondary N) is 1. The van der Waals surface area contributed by atoms with E-state index >= 15 is 0 Å². The number of pyridine rings is 2. The van der Waals surface area contributed by atoms with Crippen LogP contribution in [0.15, 0.2) is 36.8 Å². The minimum absolute atomic E-state index is 0.658. The first kappa shape index (κ1) is 11.2. The van der Waals surface area contributed by atoms with Gasteiger partial charge in [-0.3, -0.25) is 4.98 Å². The van der Waals surface area contributed by atoms with Gasteiger partial charge in [0, 0.05) is 36.1 Å². The van der Waals surface area contributed by atoms with Crippen molar-refractivity contribution in [3.63, 3.8) is 0 Å². The monoisotopic (exact) mass is 257 g/mol. The van der Waals surface area contributed by atoms with E-state index in [1.807, 2.05) is 31.5 Å². The van der Waals surface area contributed by atoms with Gasteiger partial charge >= 0.3 is 0 Å². The molecular formula is C14H12ClN3. The minimum Gasteiger partial charge on any atom is -0.346 e. The molecule has 0 fully saturated rings. The number of hydrogen-bond acceptors (Lipinski definition) is 2. The zero-order valence-electron chi connectivity index (χ0n) is 9.94. The van der Waals surface area contributed by atoms with Crippen LogP contribution in [-0.4, -0.2) is 15.0 Å². The Labute approximate surface area is 110 Å². The highest BCUT2D eigenvalue weighted by molar-refractivity contribution is 6.31. The number of aryl methyl sites for hydroxylation is 1. The molecule has 0 saturated heterocycles. The number of aromatic amines is 1. The van der Waals surface area contributed by atoms with Gasteiger partial charge in [-0.1, -0.05) is 17.7 Å². The Kier molecular flexibility index (Phi) is 2.76. The molecule has 4 heteroatoms. The molecule has 18 heavy (non-hydrogen) atoms. The van der Waals surface area contributed by atoms with Crippen molar-refractivity contribution >= 4 is 22.6 Å². The summed E-state index contributed by atoms with van der Waals surface area (Å²) in [5, 5.41) is 1.73. The lowest BCUT2D eigenvalue weighted by Crippen LogP contribution is -1.89. The summed E-state index contributed by atoms with van der Waals surface area (Å²) < 4.78 is 0. The molecule has 0 aliphatic heterocycles. The Hall–Kier alpha value is -1.87. The summed E-state index contributed by atoms with van der Waals surface area (Å²) in [5.41, 5.74) is 4.27. The SMILES string of the molecule is Cc1ccc(Cc2c[nH]c3ncc(Cl)cc23)cn1. The lowest BCUT2D eigenvalue weighted by atomic mass is 10.1. The largest absolute Gasteiger partial charge is 0.346 e. The zero-order valence-corrected chi connectivity index (χ0v) is 10.7. The molecular weight excluding hydrogens is 246 g/mol. The van der Waals surface area contributed by atoms with E-state index in [1.165, 1.54) is 11.1 Å². The summed E-state index contributed by atoms with van der Waals surface area (Å²) in [7, 11) is 0. The van der Waals surface area contributed by atoms with Gasteiger partial charge < -0.3 is 4.98 Å². The standard InChI is InChI=1S/C14H12ClN3/c1-9-2-3-10(6-16-9)4-11-7-17-14-13(11)5-12(15)8-18-14/h2-3,5-8H,4H2,1H3,(H,17,18). The van der Waals surface area contributed by atoms with Crippen LogP contribution in [0.5, 0.6) is 0 Å². The number of H-pyrrole nitrogens is 1. The van der Waals surface area contributed by atoms with Gasteiger partial charge in [0.1, 0.15) is 5.65 Å². The van der Waals surface area contributed by atoms with Gasteiger partial charge in [-0.05, 0) is 30.2 Å². The third-order valence-corrected chi connectivity index (χ3v) is 3.16. The maximum absolute atomic E-state index is 5.98. The maximum atomic E-state index is 5.98. The van der Waals surface area contributed by atoms with Gasteiger partial charge in [0.2, 0.25) is 0 Å². The van der Waals surface area contributed by atoms with Crippen LogP contribution in [0.3, 0.4) is 0 Å². The number of nitrogens with zero attached hydrogens (tertiary/aromatic N) is 2. The Bertz CT molecular complexity index is 686. The molecule has 0 unspecified atom stereocenters. The van der Waals surface area contributed by atoms with E-state index < -0.39 is 0 Å². The number of halogens is 1. The Balaban J connectivity index is 1.99. The van der Waals surface area contributed by atoms with Crippen LogP contribution < -0.4 is 0 Å². The van der Waals surface area contributed by atoms with Gasteiger partial charge in [-0.25, -0.2) is 4.98 Å². The third-order valence-electron chi connectivity index (χ3n) is 2.95. The van der Waals surface area contributed by atoms with E-state index in [2.05, 4.69) is 21.0 Å². The molecule has 0 aliphatic rings. The molecule has 0 atom stereocenters. The van der Waals surface area contributed by atoms with Crippen molar-refractivity contribution in [2.75, 3.05) is 0 Å². The molecule has 3 nitrogen and oxygen atoms in total. The van der Waals surface area contributed by atoms with Crippen LogP contribution in [0.1, 0.15) is 16.8 Å². The predicted molar refractivity (Wildman–Crippen MR) is 72.9 cm³/mol. The van der Waals surface area contributed by atoms with Crippen LogP contribution in [0, 0.1) is 6.92 Å². The Morgan fingerprint density at radius 1 is 1.22 bits per heavy atom. The lowest BCUT2D eigenvalue weighted by Gasteiger charge is -2.00. The number of aromatic nitrogens is 3. The fourth-order valence-electron chi connectivity index (χ4n) is 2.00.